The minimum absolute atomic E-state index is 0.134. The minimum Gasteiger partial charge on any atom is -0.343 e. The van der Waals surface area contributed by atoms with E-state index in [0.717, 1.165) is 0 Å². The summed E-state index contributed by atoms with van der Waals surface area (Å²) in [5, 5.41) is 0.192. The molecule has 66 valence electrons. The van der Waals surface area contributed by atoms with Crippen LogP contribution in [-0.4, -0.2) is 24.8 Å². The number of hydrogen-bond acceptors (Lipinski definition) is 3. The molecule has 2 rings (SSSR count). The van der Waals surface area contributed by atoms with Crippen molar-refractivity contribution in [2.75, 3.05) is 13.2 Å². The summed E-state index contributed by atoms with van der Waals surface area (Å²) < 4.78 is 11.2. The fraction of sp³-hybridized carbons (Fsp3) is 0.571. The van der Waals surface area contributed by atoms with Crippen molar-refractivity contribution in [3.63, 3.8) is 0 Å². The Hall–Kier alpha value is 0.1000. The Labute approximate surface area is 82.8 Å². The first-order chi connectivity index (χ1) is 5.66. The van der Waals surface area contributed by atoms with E-state index in [0.29, 0.717) is 17.7 Å². The molecule has 3 nitrogen and oxygen atoms in total. The highest BCUT2D eigenvalue weighted by Crippen LogP contribution is 2.44. The zero-order chi connectivity index (χ0) is 8.77. The summed E-state index contributed by atoms with van der Waals surface area (Å²) in [6.07, 6.45) is 0.187. The van der Waals surface area contributed by atoms with Crippen molar-refractivity contribution >= 4 is 33.3 Å². The zero-order valence-electron chi connectivity index (χ0n) is 6.10. The van der Waals surface area contributed by atoms with E-state index < -0.39 is 5.79 Å². The summed E-state index contributed by atoms with van der Waals surface area (Å²) >= 11 is 8.91. The third-order valence-corrected chi connectivity index (χ3v) is 3.55. The number of ketones is 1. The molecular weight excluding hydrogens is 247 g/mol. The van der Waals surface area contributed by atoms with Gasteiger partial charge in [0.2, 0.25) is 5.79 Å². The molecule has 0 aromatic heterocycles. The third kappa shape index (κ3) is 1.06. The average molecular weight is 253 g/mol. The minimum atomic E-state index is -0.895. The Balaban J connectivity index is 2.37. The quantitative estimate of drug-likeness (QED) is 0.657. The standard InChI is InChI=1S/C7H6BrClO3/c8-6-5(9)4(10)3-7(6)11-1-2-12-7/h1-3H2. The van der Waals surface area contributed by atoms with Gasteiger partial charge in [0.15, 0.2) is 5.78 Å². The Morgan fingerprint density at radius 1 is 1.42 bits per heavy atom. The number of rotatable bonds is 0. The molecule has 0 unspecified atom stereocenters. The van der Waals surface area contributed by atoms with Crippen LogP contribution in [0.2, 0.25) is 0 Å². The molecule has 1 aliphatic carbocycles. The van der Waals surface area contributed by atoms with E-state index in [1.54, 1.807) is 0 Å². The molecule has 2 aliphatic rings. The second kappa shape index (κ2) is 2.80. The van der Waals surface area contributed by atoms with Crippen LogP contribution in [0.25, 0.3) is 0 Å². The van der Waals surface area contributed by atoms with Crippen LogP contribution >= 0.6 is 27.5 Å². The number of carbonyl (C=O) groups is 1. The molecule has 1 heterocycles. The van der Waals surface area contributed by atoms with Gasteiger partial charge in [-0.15, -0.1) is 0 Å². The predicted octanol–water partition coefficient (Wildman–Crippen LogP) is 1.55. The van der Waals surface area contributed by atoms with Crippen LogP contribution < -0.4 is 0 Å². The predicted molar refractivity (Wildman–Crippen MR) is 46.1 cm³/mol. The molecule has 0 aromatic rings. The third-order valence-electron chi connectivity index (χ3n) is 1.92. The lowest BCUT2D eigenvalue weighted by Gasteiger charge is -2.20. The highest BCUT2D eigenvalue weighted by molar-refractivity contribution is 9.11. The van der Waals surface area contributed by atoms with Gasteiger partial charge in [0.25, 0.3) is 0 Å². The van der Waals surface area contributed by atoms with E-state index in [1.807, 2.05) is 0 Å². The van der Waals surface area contributed by atoms with Crippen molar-refractivity contribution in [1.82, 2.24) is 0 Å². The molecule has 0 N–H and O–H groups in total. The molecule has 1 fully saturated rings. The lowest BCUT2D eigenvalue weighted by Crippen LogP contribution is -2.28. The van der Waals surface area contributed by atoms with Gasteiger partial charge in [-0.3, -0.25) is 4.79 Å². The summed E-state index contributed by atoms with van der Waals surface area (Å²) in [6.45, 7) is 1.01. The average Bonchev–Trinajstić information content (AvgIpc) is 2.57. The number of hydrogen-bond donors (Lipinski definition) is 0. The summed E-state index contributed by atoms with van der Waals surface area (Å²) in [7, 11) is 0. The van der Waals surface area contributed by atoms with Crippen molar-refractivity contribution in [1.29, 1.82) is 0 Å². The van der Waals surface area contributed by atoms with Crippen LogP contribution in [0.4, 0.5) is 0 Å². The van der Waals surface area contributed by atoms with Gasteiger partial charge in [-0.2, -0.15) is 0 Å². The first kappa shape index (κ1) is 8.69. The lowest BCUT2D eigenvalue weighted by molar-refractivity contribution is -0.136. The molecule has 0 aromatic carbocycles. The second-order valence-corrected chi connectivity index (χ2v) is 3.85. The second-order valence-electron chi connectivity index (χ2n) is 2.68. The van der Waals surface area contributed by atoms with Crippen LogP contribution in [0.1, 0.15) is 6.42 Å². The van der Waals surface area contributed by atoms with Gasteiger partial charge in [-0.1, -0.05) is 11.6 Å². The number of carbonyl (C=O) groups excluding carboxylic acids is 1. The van der Waals surface area contributed by atoms with Crippen LogP contribution in [-0.2, 0) is 14.3 Å². The first-order valence-corrected chi connectivity index (χ1v) is 4.70. The molecule has 1 aliphatic heterocycles. The van der Waals surface area contributed by atoms with Gasteiger partial charge in [-0.05, 0) is 15.9 Å². The summed E-state index contributed by atoms with van der Waals surface area (Å²) in [5.41, 5.74) is 0. The molecule has 0 saturated carbocycles. The van der Waals surface area contributed by atoms with Crippen molar-refractivity contribution < 1.29 is 14.3 Å². The van der Waals surface area contributed by atoms with Crippen LogP contribution in [0, 0.1) is 0 Å². The molecule has 0 radical (unpaired) electrons. The molecular formula is C7H6BrClO3. The molecule has 1 spiro atoms. The van der Waals surface area contributed by atoms with E-state index in [2.05, 4.69) is 15.9 Å². The van der Waals surface area contributed by atoms with Gasteiger partial charge in [0.05, 0.1) is 29.1 Å². The Morgan fingerprint density at radius 3 is 2.42 bits per heavy atom. The number of allylic oxidation sites excluding steroid dienone is 1. The highest BCUT2D eigenvalue weighted by Gasteiger charge is 2.49. The Morgan fingerprint density at radius 2 is 2.00 bits per heavy atom. The van der Waals surface area contributed by atoms with Crippen LogP contribution in [0.15, 0.2) is 9.51 Å². The van der Waals surface area contributed by atoms with Gasteiger partial charge >= 0.3 is 0 Å². The zero-order valence-corrected chi connectivity index (χ0v) is 8.44. The van der Waals surface area contributed by atoms with Gasteiger partial charge in [0, 0.05) is 0 Å². The van der Waals surface area contributed by atoms with Gasteiger partial charge in [-0.25, -0.2) is 0 Å². The number of Topliss-reactive ketones (excluding diaryl/α,β-unsaturated/α-hetero) is 1. The van der Waals surface area contributed by atoms with Crippen LogP contribution in [0.3, 0.4) is 0 Å². The van der Waals surface area contributed by atoms with E-state index in [9.17, 15) is 4.79 Å². The maximum atomic E-state index is 11.2. The van der Waals surface area contributed by atoms with E-state index >= 15 is 0 Å². The lowest BCUT2D eigenvalue weighted by atomic mass is 10.2. The van der Waals surface area contributed by atoms with Crippen molar-refractivity contribution in [3.8, 4) is 0 Å². The Bertz CT molecular complexity index is 268. The topological polar surface area (TPSA) is 35.5 Å². The van der Waals surface area contributed by atoms with Crippen LogP contribution in [0.5, 0.6) is 0 Å². The van der Waals surface area contributed by atoms with E-state index in [-0.39, 0.29) is 17.2 Å². The molecule has 1 saturated heterocycles. The maximum absolute atomic E-state index is 11.2. The summed E-state index contributed by atoms with van der Waals surface area (Å²) in [6, 6.07) is 0. The fourth-order valence-electron chi connectivity index (χ4n) is 1.34. The largest absolute Gasteiger partial charge is 0.343 e. The number of ether oxygens (including phenoxy) is 2. The van der Waals surface area contributed by atoms with E-state index in [1.165, 1.54) is 0 Å². The molecule has 0 amide bonds. The summed E-state index contributed by atoms with van der Waals surface area (Å²) in [5.74, 6) is -1.03. The molecule has 12 heavy (non-hydrogen) atoms. The maximum Gasteiger partial charge on any atom is 0.210 e. The summed E-state index contributed by atoms with van der Waals surface area (Å²) in [4.78, 5) is 11.2. The normalized spacial score (nSPS) is 27.7. The smallest absolute Gasteiger partial charge is 0.210 e. The van der Waals surface area contributed by atoms with Gasteiger partial charge in [0.1, 0.15) is 0 Å². The van der Waals surface area contributed by atoms with Gasteiger partial charge < -0.3 is 9.47 Å². The monoisotopic (exact) mass is 252 g/mol. The van der Waals surface area contributed by atoms with Crippen molar-refractivity contribution in [2.24, 2.45) is 0 Å². The van der Waals surface area contributed by atoms with Crippen molar-refractivity contribution in [3.05, 3.63) is 9.51 Å². The molecule has 5 heteroatoms. The molecule has 0 bridgehead atoms. The first-order valence-electron chi connectivity index (χ1n) is 3.52. The highest BCUT2D eigenvalue weighted by atomic mass is 79.9. The van der Waals surface area contributed by atoms with Crippen molar-refractivity contribution in [2.45, 2.75) is 12.2 Å². The molecule has 0 atom stereocenters. The SMILES string of the molecule is O=C1CC2(OCCO2)C(Br)=C1Cl. The fourth-order valence-corrected chi connectivity index (χ4v) is 2.14. The Kier molecular flexibility index (Phi) is 2.03. The van der Waals surface area contributed by atoms with E-state index in [4.69, 9.17) is 21.1 Å². The number of halogens is 2.